The molecule has 0 aliphatic heterocycles. The average Bonchev–Trinajstić information content (AvgIpc) is 3.58. The Balaban J connectivity index is 1.10. The molecule has 2 heteroatoms. The molecule has 11 aromatic rings. The van der Waals surface area contributed by atoms with E-state index in [1.165, 1.54) is 90.8 Å². The fraction of sp³-hybridized carbons (Fsp3) is 0. The van der Waals surface area contributed by atoms with E-state index in [1.54, 1.807) is 0 Å². The summed E-state index contributed by atoms with van der Waals surface area (Å²) in [6, 6.07) is 69.4. The molecule has 0 N–H and O–H groups in total. The van der Waals surface area contributed by atoms with Crippen LogP contribution < -0.4 is 4.90 Å². The summed E-state index contributed by atoms with van der Waals surface area (Å²) < 4.78 is 2.60. The first-order valence-corrected chi connectivity index (χ1v) is 18.6. The van der Waals surface area contributed by atoms with Crippen molar-refractivity contribution in [3.63, 3.8) is 0 Å². The number of benzene rings is 10. The zero-order chi connectivity index (χ0) is 34.2. The maximum Gasteiger partial charge on any atom is 0.0640 e. The van der Waals surface area contributed by atoms with E-state index >= 15 is 0 Å². The van der Waals surface area contributed by atoms with Gasteiger partial charge in [0.25, 0.3) is 0 Å². The van der Waals surface area contributed by atoms with Crippen LogP contribution >= 0.6 is 11.3 Å². The molecule has 10 aromatic carbocycles. The van der Waals surface area contributed by atoms with Crippen LogP contribution in [0.1, 0.15) is 0 Å². The van der Waals surface area contributed by atoms with E-state index in [1.807, 2.05) is 11.3 Å². The zero-order valence-electron chi connectivity index (χ0n) is 28.3. The highest BCUT2D eigenvalue weighted by atomic mass is 32.1. The first-order valence-electron chi connectivity index (χ1n) is 17.8. The molecule has 0 amide bonds. The highest BCUT2D eigenvalue weighted by Crippen LogP contribution is 2.46. The normalized spacial score (nSPS) is 11.8. The van der Waals surface area contributed by atoms with Crippen molar-refractivity contribution < 1.29 is 0 Å². The van der Waals surface area contributed by atoms with Gasteiger partial charge < -0.3 is 4.90 Å². The minimum Gasteiger partial charge on any atom is -0.309 e. The number of nitrogens with zero attached hydrogens (tertiary/aromatic N) is 1. The summed E-state index contributed by atoms with van der Waals surface area (Å²) in [5.41, 5.74) is 5.88. The Kier molecular flexibility index (Phi) is 6.49. The summed E-state index contributed by atoms with van der Waals surface area (Å²) in [4.78, 5) is 2.45. The maximum absolute atomic E-state index is 2.45. The van der Waals surface area contributed by atoms with Gasteiger partial charge in [-0.3, -0.25) is 0 Å². The lowest BCUT2D eigenvalue weighted by molar-refractivity contribution is 1.31. The van der Waals surface area contributed by atoms with Crippen LogP contribution in [0.3, 0.4) is 0 Å². The van der Waals surface area contributed by atoms with Gasteiger partial charge in [0.1, 0.15) is 0 Å². The first kappa shape index (κ1) is 29.3. The van der Waals surface area contributed by atoms with Crippen molar-refractivity contribution in [3.8, 4) is 11.1 Å². The van der Waals surface area contributed by atoms with Crippen molar-refractivity contribution in [2.24, 2.45) is 0 Å². The summed E-state index contributed by atoms with van der Waals surface area (Å²) >= 11 is 1.89. The van der Waals surface area contributed by atoms with Crippen LogP contribution in [-0.2, 0) is 0 Å². The third-order valence-corrected chi connectivity index (χ3v) is 12.0. The molecule has 0 saturated carbocycles. The minimum atomic E-state index is 1.13. The molecule has 242 valence electrons. The van der Waals surface area contributed by atoms with Crippen LogP contribution in [0.5, 0.6) is 0 Å². The third-order valence-electron chi connectivity index (χ3n) is 10.8. The smallest absolute Gasteiger partial charge is 0.0640 e. The fourth-order valence-electron chi connectivity index (χ4n) is 8.20. The van der Waals surface area contributed by atoms with Gasteiger partial charge >= 0.3 is 0 Å². The second kappa shape index (κ2) is 11.5. The molecule has 1 heterocycles. The minimum absolute atomic E-state index is 1.13. The molecule has 0 aliphatic carbocycles. The predicted molar refractivity (Wildman–Crippen MR) is 227 cm³/mol. The van der Waals surface area contributed by atoms with Crippen molar-refractivity contribution in [1.29, 1.82) is 0 Å². The van der Waals surface area contributed by atoms with E-state index in [0.29, 0.717) is 0 Å². The van der Waals surface area contributed by atoms with Gasteiger partial charge in [0.2, 0.25) is 0 Å². The van der Waals surface area contributed by atoms with Crippen molar-refractivity contribution in [2.45, 2.75) is 0 Å². The van der Waals surface area contributed by atoms with E-state index < -0.39 is 0 Å². The monoisotopic (exact) mass is 677 g/mol. The van der Waals surface area contributed by atoms with Gasteiger partial charge in [-0.1, -0.05) is 140 Å². The van der Waals surface area contributed by atoms with Crippen molar-refractivity contribution >= 4 is 102 Å². The zero-order valence-corrected chi connectivity index (χ0v) is 29.1. The maximum atomic E-state index is 2.45. The summed E-state index contributed by atoms with van der Waals surface area (Å²) in [5.74, 6) is 0. The van der Waals surface area contributed by atoms with Crippen LogP contribution in [0.25, 0.3) is 85.2 Å². The SMILES string of the molecule is c1ccc2cc3c(cc2c1)sc1c(N(c2ccc(-c4ccc5c(ccc6ccccc65)c4)cc2)c2ccc4ccc5ccccc5c4c2)cccc13. The first-order chi connectivity index (χ1) is 25.7. The summed E-state index contributed by atoms with van der Waals surface area (Å²) in [5, 5.41) is 15.3. The largest absolute Gasteiger partial charge is 0.309 e. The number of rotatable bonds is 4. The van der Waals surface area contributed by atoms with E-state index in [2.05, 4.69) is 193 Å². The molecule has 0 radical (unpaired) electrons. The number of thiophene rings is 1. The lowest BCUT2D eigenvalue weighted by Crippen LogP contribution is -2.10. The molecule has 1 aromatic heterocycles. The molecule has 0 atom stereocenters. The highest BCUT2D eigenvalue weighted by molar-refractivity contribution is 7.26. The van der Waals surface area contributed by atoms with Crippen LogP contribution in [0.2, 0.25) is 0 Å². The standard InChI is InChI=1S/C50H31NS/c1-2-11-37-30-49-47(29-36(37)10-1)45-14-7-15-48(50(45)52-49)51(41-26-22-35-17-16-34-9-4-6-13-43(34)46(35)31-41)40-24-20-32(21-25-40)38-23-27-44-39(28-38)19-18-33-8-3-5-12-42(33)44/h1-31H. The molecular formula is C50H31NS. The Hall–Kier alpha value is -6.48. The van der Waals surface area contributed by atoms with Crippen LogP contribution in [-0.4, -0.2) is 0 Å². The molecule has 52 heavy (non-hydrogen) atoms. The Morgan fingerprint density at radius 2 is 0.865 bits per heavy atom. The summed E-state index contributed by atoms with van der Waals surface area (Å²) in [6.07, 6.45) is 0. The Labute approximate surface area is 305 Å². The van der Waals surface area contributed by atoms with Gasteiger partial charge in [-0.05, 0) is 114 Å². The van der Waals surface area contributed by atoms with E-state index in [0.717, 1.165) is 11.4 Å². The number of anilines is 3. The third kappa shape index (κ3) is 4.62. The fourth-order valence-corrected chi connectivity index (χ4v) is 9.43. The van der Waals surface area contributed by atoms with Gasteiger partial charge in [-0.15, -0.1) is 11.3 Å². The van der Waals surface area contributed by atoms with Gasteiger partial charge in [-0.2, -0.15) is 0 Å². The second-order valence-corrected chi connectivity index (χ2v) is 14.8. The lowest BCUT2D eigenvalue weighted by Gasteiger charge is -2.27. The van der Waals surface area contributed by atoms with Crippen molar-refractivity contribution in [1.82, 2.24) is 0 Å². The van der Waals surface area contributed by atoms with E-state index in [4.69, 9.17) is 0 Å². The van der Waals surface area contributed by atoms with Gasteiger partial charge in [0, 0.05) is 26.8 Å². The molecular weight excluding hydrogens is 647 g/mol. The number of hydrogen-bond donors (Lipinski definition) is 0. The average molecular weight is 678 g/mol. The van der Waals surface area contributed by atoms with Gasteiger partial charge in [-0.25, -0.2) is 0 Å². The molecule has 0 saturated heterocycles. The van der Waals surface area contributed by atoms with Crippen molar-refractivity contribution in [3.05, 3.63) is 188 Å². The molecule has 0 fully saturated rings. The highest BCUT2D eigenvalue weighted by Gasteiger charge is 2.19. The van der Waals surface area contributed by atoms with Crippen LogP contribution in [0, 0.1) is 0 Å². The van der Waals surface area contributed by atoms with E-state index in [9.17, 15) is 0 Å². The van der Waals surface area contributed by atoms with Gasteiger partial charge in [0.05, 0.1) is 10.4 Å². The van der Waals surface area contributed by atoms with Gasteiger partial charge in [0.15, 0.2) is 0 Å². The molecule has 1 nitrogen and oxygen atoms in total. The molecule has 0 aliphatic rings. The summed E-state index contributed by atoms with van der Waals surface area (Å²) in [6.45, 7) is 0. The Bertz CT molecular complexity index is 3190. The lowest BCUT2D eigenvalue weighted by atomic mass is 9.97. The van der Waals surface area contributed by atoms with E-state index in [-0.39, 0.29) is 0 Å². The molecule has 0 spiro atoms. The quantitative estimate of drug-likeness (QED) is 0.168. The number of hydrogen-bond acceptors (Lipinski definition) is 2. The van der Waals surface area contributed by atoms with Crippen LogP contribution in [0.4, 0.5) is 17.1 Å². The molecule has 11 rings (SSSR count). The molecule has 0 bridgehead atoms. The number of fused-ring (bicyclic) bond motifs is 10. The summed E-state index contributed by atoms with van der Waals surface area (Å²) in [7, 11) is 0. The Morgan fingerprint density at radius 1 is 0.308 bits per heavy atom. The predicted octanol–water partition coefficient (Wildman–Crippen LogP) is 15.0. The topological polar surface area (TPSA) is 3.24 Å². The van der Waals surface area contributed by atoms with Crippen molar-refractivity contribution in [2.75, 3.05) is 4.90 Å². The van der Waals surface area contributed by atoms with Crippen LogP contribution in [0.15, 0.2) is 188 Å². The molecule has 0 unspecified atom stereocenters. The second-order valence-electron chi connectivity index (χ2n) is 13.7. The Morgan fingerprint density at radius 3 is 1.63 bits per heavy atom.